The topological polar surface area (TPSA) is 76.1 Å². The molecule has 3 rings (SSSR count). The Morgan fingerprint density at radius 2 is 2.00 bits per heavy atom. The molecule has 0 aliphatic carbocycles. The molecule has 0 saturated carbocycles. The highest BCUT2D eigenvalue weighted by atomic mass is 79.9. The number of Topliss-reactive ketones (excluding diaryl/α,β-unsaturated/α-hetero) is 1. The average Bonchev–Trinajstić information content (AvgIpc) is 2.89. The lowest BCUT2D eigenvalue weighted by Crippen LogP contribution is -2.42. The second-order valence-electron chi connectivity index (χ2n) is 6.39. The van der Waals surface area contributed by atoms with Gasteiger partial charge in [0.2, 0.25) is 0 Å². The van der Waals surface area contributed by atoms with Gasteiger partial charge in [0, 0.05) is 16.6 Å². The summed E-state index contributed by atoms with van der Waals surface area (Å²) in [4.78, 5) is 27.5. The number of carbonyl (C=O) groups is 2. The van der Waals surface area contributed by atoms with Gasteiger partial charge in [0.1, 0.15) is 11.5 Å². The molecule has 1 aliphatic rings. The summed E-state index contributed by atoms with van der Waals surface area (Å²) in [6.07, 6.45) is 1.15. The van der Waals surface area contributed by atoms with Crippen molar-refractivity contribution in [1.29, 1.82) is 0 Å². The Kier molecular flexibility index (Phi) is 5.58. The Bertz CT molecular complexity index is 958. The van der Waals surface area contributed by atoms with Gasteiger partial charge in [-0.05, 0) is 36.4 Å². The maximum atomic E-state index is 13.1. The molecule has 0 radical (unpaired) electrons. The second-order valence-corrected chi connectivity index (χ2v) is 7.31. The van der Waals surface area contributed by atoms with Crippen LogP contribution in [0.3, 0.4) is 0 Å². The maximum Gasteiger partial charge on any atom is 0.264 e. The molecule has 0 spiro atoms. The first-order chi connectivity index (χ1) is 13.3. The van der Waals surface area contributed by atoms with Crippen molar-refractivity contribution < 1.29 is 24.2 Å². The van der Waals surface area contributed by atoms with Crippen LogP contribution in [0, 0.1) is 0 Å². The summed E-state index contributed by atoms with van der Waals surface area (Å²) in [5, 5.41) is 11.3. The number of carbonyl (C=O) groups excluding carboxylic acids is 2. The Morgan fingerprint density at radius 3 is 2.64 bits per heavy atom. The molecule has 7 heteroatoms. The first kappa shape index (κ1) is 20.1. The van der Waals surface area contributed by atoms with Crippen LogP contribution in [0.1, 0.15) is 22.3 Å². The highest BCUT2D eigenvalue weighted by Crippen LogP contribution is 2.44. The Labute approximate surface area is 171 Å². The van der Waals surface area contributed by atoms with Crippen molar-refractivity contribution >= 4 is 33.3 Å². The number of ketones is 1. The Balaban J connectivity index is 2.04. The van der Waals surface area contributed by atoms with E-state index in [0.717, 1.165) is 0 Å². The van der Waals surface area contributed by atoms with Crippen LogP contribution in [0.5, 0.6) is 11.5 Å². The summed E-state index contributed by atoms with van der Waals surface area (Å²) >= 11 is 3.37. The zero-order valence-electron chi connectivity index (χ0n) is 15.6. The Hall–Kier alpha value is -2.64. The van der Waals surface area contributed by atoms with E-state index in [-0.39, 0.29) is 12.1 Å². The Morgan fingerprint density at radius 1 is 1.25 bits per heavy atom. The largest absolute Gasteiger partial charge is 0.497 e. The van der Waals surface area contributed by atoms with Crippen molar-refractivity contribution in [2.45, 2.75) is 12.0 Å². The minimum Gasteiger partial charge on any atom is -0.497 e. The van der Waals surface area contributed by atoms with Crippen LogP contribution in [0.2, 0.25) is 0 Å². The second kappa shape index (κ2) is 7.77. The monoisotopic (exact) mass is 445 g/mol. The zero-order chi connectivity index (χ0) is 20.5. The van der Waals surface area contributed by atoms with Gasteiger partial charge >= 0.3 is 0 Å². The number of anilines is 1. The van der Waals surface area contributed by atoms with Gasteiger partial charge < -0.3 is 19.5 Å². The van der Waals surface area contributed by atoms with Gasteiger partial charge in [0.15, 0.2) is 11.4 Å². The van der Waals surface area contributed by atoms with E-state index in [9.17, 15) is 14.7 Å². The lowest BCUT2D eigenvalue weighted by atomic mass is 9.88. The number of benzene rings is 2. The summed E-state index contributed by atoms with van der Waals surface area (Å²) in [7, 11) is 2.94. The number of amides is 1. The molecule has 0 fully saturated rings. The van der Waals surface area contributed by atoms with Gasteiger partial charge in [-0.2, -0.15) is 0 Å². The molecule has 2 aromatic carbocycles. The van der Waals surface area contributed by atoms with Crippen LogP contribution in [0.4, 0.5) is 5.69 Å². The SMILES string of the molecule is C=CCN1C(=O)[C@](O)(CC(=O)c2cc(OC)ccc2OC)c2cc(Br)ccc21. The fourth-order valence-corrected chi connectivity index (χ4v) is 3.72. The molecular formula is C21H20BrNO5. The van der Waals surface area contributed by atoms with Gasteiger partial charge in [-0.1, -0.05) is 22.0 Å². The quantitative estimate of drug-likeness (QED) is 0.521. The minimum absolute atomic E-state index is 0.229. The van der Waals surface area contributed by atoms with Crippen LogP contribution in [-0.2, 0) is 10.4 Å². The molecule has 1 aliphatic heterocycles. The van der Waals surface area contributed by atoms with Crippen molar-refractivity contribution in [2.75, 3.05) is 25.7 Å². The normalized spacial score (nSPS) is 18.0. The molecule has 0 unspecified atom stereocenters. The first-order valence-corrected chi connectivity index (χ1v) is 9.35. The molecule has 146 valence electrons. The highest BCUT2D eigenvalue weighted by Gasteiger charge is 2.51. The number of methoxy groups -OCH3 is 2. The van der Waals surface area contributed by atoms with Crippen LogP contribution in [-0.4, -0.2) is 37.6 Å². The van der Waals surface area contributed by atoms with E-state index < -0.39 is 23.7 Å². The van der Waals surface area contributed by atoms with Crippen LogP contribution in [0.15, 0.2) is 53.5 Å². The molecule has 0 aromatic heterocycles. The summed E-state index contributed by atoms with van der Waals surface area (Å²) in [5.74, 6) is -0.170. The first-order valence-electron chi connectivity index (χ1n) is 8.56. The van der Waals surface area contributed by atoms with Crippen molar-refractivity contribution in [1.82, 2.24) is 0 Å². The number of hydrogen-bond acceptors (Lipinski definition) is 5. The molecule has 0 saturated heterocycles. The lowest BCUT2D eigenvalue weighted by Gasteiger charge is -2.22. The van der Waals surface area contributed by atoms with E-state index >= 15 is 0 Å². The molecule has 1 heterocycles. The smallest absolute Gasteiger partial charge is 0.264 e. The summed E-state index contributed by atoms with van der Waals surface area (Å²) in [5.41, 5.74) is -0.806. The number of ether oxygens (including phenoxy) is 2. The zero-order valence-corrected chi connectivity index (χ0v) is 17.2. The van der Waals surface area contributed by atoms with E-state index in [2.05, 4.69) is 22.5 Å². The lowest BCUT2D eigenvalue weighted by molar-refractivity contribution is -0.135. The van der Waals surface area contributed by atoms with Gasteiger partial charge in [-0.3, -0.25) is 9.59 Å². The minimum atomic E-state index is -1.98. The van der Waals surface area contributed by atoms with E-state index in [1.165, 1.54) is 25.2 Å². The van der Waals surface area contributed by atoms with Crippen LogP contribution < -0.4 is 14.4 Å². The molecule has 1 amide bonds. The summed E-state index contributed by atoms with van der Waals surface area (Å²) in [6, 6.07) is 9.99. The standard InChI is InChI=1S/C21H20BrNO5/c1-4-9-23-17-7-5-13(22)10-16(17)21(26,20(23)25)12-18(24)15-11-14(27-2)6-8-19(15)28-3/h4-8,10-11,26H,1,9,12H2,2-3H3/t21-/m0/s1. The number of rotatable bonds is 7. The van der Waals surface area contributed by atoms with Gasteiger partial charge in [0.25, 0.3) is 5.91 Å². The predicted octanol–water partition coefficient (Wildman–Crippen LogP) is 3.46. The molecule has 1 atom stereocenters. The van der Waals surface area contributed by atoms with Crippen LogP contribution >= 0.6 is 15.9 Å². The number of aliphatic hydroxyl groups is 1. The third-order valence-corrected chi connectivity index (χ3v) is 5.22. The molecule has 1 N–H and O–H groups in total. The van der Waals surface area contributed by atoms with Gasteiger partial charge in [0.05, 0.1) is 31.9 Å². The van der Waals surface area contributed by atoms with E-state index in [4.69, 9.17) is 9.47 Å². The van der Waals surface area contributed by atoms with Crippen molar-refractivity contribution in [3.05, 3.63) is 64.7 Å². The third-order valence-electron chi connectivity index (χ3n) is 4.73. The maximum absolute atomic E-state index is 13.1. The van der Waals surface area contributed by atoms with Gasteiger partial charge in [-0.15, -0.1) is 6.58 Å². The fraction of sp³-hybridized carbons (Fsp3) is 0.238. The average molecular weight is 446 g/mol. The van der Waals surface area contributed by atoms with E-state index in [0.29, 0.717) is 27.2 Å². The van der Waals surface area contributed by atoms with E-state index in [1.54, 1.807) is 36.4 Å². The third kappa shape index (κ3) is 3.31. The predicted molar refractivity (Wildman–Crippen MR) is 109 cm³/mol. The molecule has 28 heavy (non-hydrogen) atoms. The number of hydrogen-bond donors (Lipinski definition) is 1. The molecular weight excluding hydrogens is 426 g/mol. The van der Waals surface area contributed by atoms with Crippen molar-refractivity contribution in [2.24, 2.45) is 0 Å². The number of nitrogens with zero attached hydrogens (tertiary/aromatic N) is 1. The number of fused-ring (bicyclic) bond motifs is 1. The van der Waals surface area contributed by atoms with Crippen molar-refractivity contribution in [3.63, 3.8) is 0 Å². The van der Waals surface area contributed by atoms with Gasteiger partial charge in [-0.25, -0.2) is 0 Å². The fourth-order valence-electron chi connectivity index (χ4n) is 3.36. The molecule has 6 nitrogen and oxygen atoms in total. The van der Waals surface area contributed by atoms with E-state index in [1.807, 2.05) is 0 Å². The number of halogens is 1. The van der Waals surface area contributed by atoms with Crippen molar-refractivity contribution in [3.8, 4) is 11.5 Å². The molecule has 0 bridgehead atoms. The molecule has 2 aromatic rings. The summed E-state index contributed by atoms with van der Waals surface area (Å²) < 4.78 is 11.1. The van der Waals surface area contributed by atoms with Crippen LogP contribution in [0.25, 0.3) is 0 Å². The highest BCUT2D eigenvalue weighted by molar-refractivity contribution is 9.10. The summed E-state index contributed by atoms with van der Waals surface area (Å²) in [6.45, 7) is 3.89.